The Morgan fingerprint density at radius 3 is 2.47 bits per heavy atom. The van der Waals surface area contributed by atoms with Crippen LogP contribution in [0.4, 0.5) is 5.69 Å². The molecule has 2 aromatic rings. The van der Waals surface area contributed by atoms with Crippen LogP contribution in [0.3, 0.4) is 0 Å². The fourth-order valence-electron chi connectivity index (χ4n) is 1.44. The summed E-state index contributed by atoms with van der Waals surface area (Å²) in [4.78, 5) is 4.09. The van der Waals surface area contributed by atoms with Crippen LogP contribution in [0.1, 0.15) is 18.6 Å². The Bertz CT molecular complexity index is 482. The molecule has 2 N–H and O–H groups in total. The molecule has 4 heteroatoms. The molecule has 0 saturated heterocycles. The van der Waals surface area contributed by atoms with Gasteiger partial charge < -0.3 is 10.5 Å². The first kappa shape index (κ1) is 11.7. The lowest BCUT2D eigenvalue weighted by molar-refractivity contribution is 0.217. The van der Waals surface area contributed by atoms with Gasteiger partial charge in [0.25, 0.3) is 0 Å². The van der Waals surface area contributed by atoms with E-state index in [1.165, 1.54) is 0 Å². The number of hydrogen-bond acceptors (Lipinski definition) is 3. The van der Waals surface area contributed by atoms with Gasteiger partial charge in [-0.3, -0.25) is 0 Å². The Morgan fingerprint density at radius 1 is 1.18 bits per heavy atom. The summed E-state index contributed by atoms with van der Waals surface area (Å²) in [5.41, 5.74) is 7.22. The number of nitrogens with zero attached hydrogens (tertiary/aromatic N) is 1. The number of rotatable bonds is 3. The summed E-state index contributed by atoms with van der Waals surface area (Å²) < 4.78 is 5.69. The van der Waals surface area contributed by atoms with E-state index in [2.05, 4.69) is 4.98 Å². The largest absolute Gasteiger partial charge is 0.470 e. The van der Waals surface area contributed by atoms with Gasteiger partial charge in [0.2, 0.25) is 5.88 Å². The van der Waals surface area contributed by atoms with Crippen LogP contribution in [0.25, 0.3) is 0 Å². The molecule has 0 aliphatic carbocycles. The third-order valence-corrected chi connectivity index (χ3v) is 2.65. The van der Waals surface area contributed by atoms with Gasteiger partial charge in [-0.2, -0.15) is 0 Å². The number of nitrogens with two attached hydrogens (primary N) is 1. The average molecular weight is 249 g/mol. The van der Waals surface area contributed by atoms with Crippen LogP contribution in [0.2, 0.25) is 5.02 Å². The van der Waals surface area contributed by atoms with E-state index in [4.69, 9.17) is 22.1 Å². The molecule has 17 heavy (non-hydrogen) atoms. The molecule has 0 amide bonds. The Morgan fingerprint density at radius 2 is 1.88 bits per heavy atom. The van der Waals surface area contributed by atoms with Gasteiger partial charge in [-0.05, 0) is 30.7 Å². The van der Waals surface area contributed by atoms with Gasteiger partial charge in [-0.25, -0.2) is 4.98 Å². The fraction of sp³-hybridized carbons (Fsp3) is 0.154. The summed E-state index contributed by atoms with van der Waals surface area (Å²) in [5, 5.41) is 0.714. The fourth-order valence-corrected chi connectivity index (χ4v) is 1.57. The Kier molecular flexibility index (Phi) is 3.49. The van der Waals surface area contributed by atoms with Crippen molar-refractivity contribution in [3.05, 3.63) is 53.2 Å². The summed E-state index contributed by atoms with van der Waals surface area (Å²) in [5.74, 6) is 0.557. The van der Waals surface area contributed by atoms with E-state index in [0.717, 1.165) is 5.56 Å². The minimum Gasteiger partial charge on any atom is -0.470 e. The quantitative estimate of drug-likeness (QED) is 0.905. The number of hydrogen-bond donors (Lipinski definition) is 1. The lowest BCUT2D eigenvalue weighted by Gasteiger charge is -2.14. The van der Waals surface area contributed by atoms with Crippen LogP contribution >= 0.6 is 11.6 Å². The normalized spacial score (nSPS) is 12.1. The van der Waals surface area contributed by atoms with Gasteiger partial charge in [0.1, 0.15) is 6.10 Å². The second-order valence-electron chi connectivity index (χ2n) is 3.74. The smallest absolute Gasteiger partial charge is 0.213 e. The molecule has 1 heterocycles. The first-order valence-corrected chi connectivity index (χ1v) is 5.66. The SMILES string of the molecule is CC(Oc1ccc(N)cn1)c1ccc(Cl)cc1. The van der Waals surface area contributed by atoms with Gasteiger partial charge in [0.15, 0.2) is 0 Å². The zero-order valence-electron chi connectivity index (χ0n) is 9.43. The van der Waals surface area contributed by atoms with E-state index in [-0.39, 0.29) is 6.10 Å². The van der Waals surface area contributed by atoms with Crippen molar-refractivity contribution in [3.8, 4) is 5.88 Å². The van der Waals surface area contributed by atoms with E-state index in [9.17, 15) is 0 Å². The van der Waals surface area contributed by atoms with Crippen LogP contribution in [0.15, 0.2) is 42.6 Å². The Balaban J connectivity index is 2.08. The van der Waals surface area contributed by atoms with Crippen molar-refractivity contribution in [2.24, 2.45) is 0 Å². The monoisotopic (exact) mass is 248 g/mol. The molecule has 1 aromatic carbocycles. The first-order valence-electron chi connectivity index (χ1n) is 5.29. The standard InChI is InChI=1S/C13H13ClN2O/c1-9(10-2-4-11(14)5-3-10)17-13-7-6-12(15)8-16-13/h2-9H,15H2,1H3. The van der Waals surface area contributed by atoms with Crippen molar-refractivity contribution >= 4 is 17.3 Å². The maximum atomic E-state index is 5.83. The molecule has 0 fully saturated rings. The highest BCUT2D eigenvalue weighted by atomic mass is 35.5. The van der Waals surface area contributed by atoms with E-state index in [1.54, 1.807) is 18.3 Å². The predicted octanol–water partition coefficient (Wildman–Crippen LogP) is 3.46. The zero-order valence-corrected chi connectivity index (χ0v) is 10.2. The Labute approximate surface area is 105 Å². The van der Waals surface area contributed by atoms with E-state index >= 15 is 0 Å². The van der Waals surface area contributed by atoms with Crippen LogP contribution in [0, 0.1) is 0 Å². The second-order valence-corrected chi connectivity index (χ2v) is 4.18. The molecule has 1 aromatic heterocycles. The number of halogens is 1. The molecule has 1 atom stereocenters. The van der Waals surface area contributed by atoms with Crippen molar-refractivity contribution in [2.75, 3.05) is 5.73 Å². The van der Waals surface area contributed by atoms with Crippen LogP contribution in [-0.4, -0.2) is 4.98 Å². The number of ether oxygens (including phenoxy) is 1. The van der Waals surface area contributed by atoms with E-state index in [0.29, 0.717) is 16.6 Å². The number of aromatic nitrogens is 1. The lowest BCUT2D eigenvalue weighted by Crippen LogP contribution is -2.04. The Hall–Kier alpha value is -1.74. The lowest BCUT2D eigenvalue weighted by atomic mass is 10.1. The minimum absolute atomic E-state index is 0.0802. The van der Waals surface area contributed by atoms with Crippen LogP contribution in [0.5, 0.6) is 5.88 Å². The summed E-state index contributed by atoms with van der Waals surface area (Å²) in [6, 6.07) is 11.1. The molecule has 0 bridgehead atoms. The van der Waals surface area contributed by atoms with Gasteiger partial charge in [-0.15, -0.1) is 0 Å². The van der Waals surface area contributed by atoms with E-state index in [1.807, 2.05) is 31.2 Å². The molecular formula is C13H13ClN2O. The molecule has 2 rings (SSSR count). The molecular weight excluding hydrogens is 236 g/mol. The van der Waals surface area contributed by atoms with Crippen LogP contribution in [-0.2, 0) is 0 Å². The number of nitrogen functional groups attached to an aromatic ring is 1. The molecule has 0 aliphatic rings. The van der Waals surface area contributed by atoms with Crippen molar-refractivity contribution in [1.82, 2.24) is 4.98 Å². The van der Waals surface area contributed by atoms with Gasteiger partial charge in [0, 0.05) is 11.1 Å². The maximum absolute atomic E-state index is 5.83. The predicted molar refractivity (Wildman–Crippen MR) is 69.1 cm³/mol. The highest BCUT2D eigenvalue weighted by molar-refractivity contribution is 6.30. The second kappa shape index (κ2) is 5.06. The first-order chi connectivity index (χ1) is 8.15. The topological polar surface area (TPSA) is 48.1 Å². The number of pyridine rings is 1. The summed E-state index contributed by atoms with van der Waals surface area (Å²) >= 11 is 5.83. The highest BCUT2D eigenvalue weighted by Gasteiger charge is 2.07. The average Bonchev–Trinajstić information content (AvgIpc) is 2.33. The van der Waals surface area contributed by atoms with Gasteiger partial charge in [0.05, 0.1) is 11.9 Å². The molecule has 0 aliphatic heterocycles. The van der Waals surface area contributed by atoms with Gasteiger partial charge >= 0.3 is 0 Å². The third kappa shape index (κ3) is 3.11. The molecule has 88 valence electrons. The molecule has 0 spiro atoms. The number of benzene rings is 1. The van der Waals surface area contributed by atoms with Crippen molar-refractivity contribution < 1.29 is 4.74 Å². The van der Waals surface area contributed by atoms with Crippen molar-refractivity contribution in [2.45, 2.75) is 13.0 Å². The van der Waals surface area contributed by atoms with E-state index < -0.39 is 0 Å². The summed E-state index contributed by atoms with van der Waals surface area (Å²) in [7, 11) is 0. The molecule has 1 unspecified atom stereocenters. The molecule has 0 saturated carbocycles. The van der Waals surface area contributed by atoms with Crippen molar-refractivity contribution in [3.63, 3.8) is 0 Å². The number of anilines is 1. The third-order valence-electron chi connectivity index (χ3n) is 2.40. The summed E-state index contributed by atoms with van der Waals surface area (Å²) in [6.45, 7) is 1.96. The molecule has 3 nitrogen and oxygen atoms in total. The zero-order chi connectivity index (χ0) is 12.3. The van der Waals surface area contributed by atoms with Crippen LogP contribution < -0.4 is 10.5 Å². The highest BCUT2D eigenvalue weighted by Crippen LogP contribution is 2.21. The minimum atomic E-state index is -0.0802. The van der Waals surface area contributed by atoms with Gasteiger partial charge in [-0.1, -0.05) is 23.7 Å². The maximum Gasteiger partial charge on any atom is 0.213 e. The summed E-state index contributed by atoms with van der Waals surface area (Å²) in [6.07, 6.45) is 1.49. The van der Waals surface area contributed by atoms with Crippen molar-refractivity contribution in [1.29, 1.82) is 0 Å². The molecule has 0 radical (unpaired) electrons.